The molecule has 4 N–H and O–H groups in total. The first-order chi connectivity index (χ1) is 9.65. The number of carboxylic acid groups (broad SMARTS) is 1. The number of primary amides is 1. The zero-order valence-corrected chi connectivity index (χ0v) is 12.1. The van der Waals surface area contributed by atoms with Gasteiger partial charge in [-0.3, -0.25) is 9.59 Å². The molecule has 0 spiro atoms. The Kier molecular flexibility index (Phi) is 5.64. The van der Waals surface area contributed by atoms with Crippen LogP contribution in [0.2, 0.25) is 5.02 Å². The molecule has 1 unspecified atom stereocenters. The number of hydrogen-bond donors (Lipinski definition) is 3. The molecule has 21 heavy (non-hydrogen) atoms. The molecule has 116 valence electrons. The standard InChI is InChI=1S/C11H12ClFN2O5S/c12-6-2-1-3-8(10(6)13)21(19,20)15-7(11(17)18)4-5-9(14)16/h1-3,7,15H,4-5H2,(H2,14,16)(H,17,18). The van der Waals surface area contributed by atoms with Crippen molar-refractivity contribution in [2.45, 2.75) is 23.8 Å². The molecule has 0 saturated carbocycles. The maximum absolute atomic E-state index is 13.7. The Labute approximate surface area is 124 Å². The monoisotopic (exact) mass is 338 g/mol. The summed E-state index contributed by atoms with van der Waals surface area (Å²) in [5.41, 5.74) is 4.87. The van der Waals surface area contributed by atoms with E-state index in [1.165, 1.54) is 6.07 Å². The van der Waals surface area contributed by atoms with E-state index in [9.17, 15) is 22.4 Å². The summed E-state index contributed by atoms with van der Waals surface area (Å²) in [6.07, 6.45) is -0.691. The van der Waals surface area contributed by atoms with Crippen LogP contribution < -0.4 is 10.5 Å². The van der Waals surface area contributed by atoms with E-state index in [0.717, 1.165) is 12.1 Å². The molecule has 1 aromatic rings. The number of carbonyl (C=O) groups is 2. The van der Waals surface area contributed by atoms with Crippen LogP contribution in [0.1, 0.15) is 12.8 Å². The van der Waals surface area contributed by atoms with Crippen LogP contribution in [0, 0.1) is 5.82 Å². The predicted molar refractivity (Wildman–Crippen MR) is 71.6 cm³/mol. The number of hydrogen-bond acceptors (Lipinski definition) is 4. The lowest BCUT2D eigenvalue weighted by atomic mass is 10.2. The molecular formula is C11H12ClFN2O5S. The summed E-state index contributed by atoms with van der Waals surface area (Å²) in [4.78, 5) is 20.8. The average Bonchev–Trinajstić information content (AvgIpc) is 2.37. The highest BCUT2D eigenvalue weighted by Crippen LogP contribution is 2.22. The molecule has 0 saturated heterocycles. The number of carboxylic acids is 1. The van der Waals surface area contributed by atoms with E-state index in [2.05, 4.69) is 0 Å². The number of sulfonamides is 1. The summed E-state index contributed by atoms with van der Waals surface area (Å²) in [6, 6.07) is 1.69. The van der Waals surface area contributed by atoms with Gasteiger partial charge in [0.15, 0.2) is 5.82 Å². The molecule has 0 fully saturated rings. The molecule has 1 rings (SSSR count). The Balaban J connectivity index is 3.03. The molecular weight excluding hydrogens is 327 g/mol. The fraction of sp³-hybridized carbons (Fsp3) is 0.273. The third-order valence-corrected chi connectivity index (χ3v) is 4.26. The number of aliphatic carboxylic acids is 1. The Bertz CT molecular complexity index is 665. The first kappa shape index (κ1) is 17.3. The number of benzene rings is 1. The molecule has 1 amide bonds. The molecule has 0 aromatic heterocycles. The highest BCUT2D eigenvalue weighted by molar-refractivity contribution is 7.89. The highest BCUT2D eigenvalue weighted by Gasteiger charge is 2.28. The number of halogens is 2. The Hall–Kier alpha value is -1.71. The van der Waals surface area contributed by atoms with E-state index in [-0.39, 0.29) is 12.8 Å². The van der Waals surface area contributed by atoms with Crippen molar-refractivity contribution in [2.75, 3.05) is 0 Å². The van der Waals surface area contributed by atoms with Gasteiger partial charge in [-0.25, -0.2) is 12.8 Å². The molecule has 0 radical (unpaired) electrons. The molecule has 0 aliphatic heterocycles. The lowest BCUT2D eigenvalue weighted by molar-refractivity contribution is -0.139. The summed E-state index contributed by atoms with van der Waals surface area (Å²) in [5, 5.41) is 8.51. The average molecular weight is 339 g/mol. The second kappa shape index (κ2) is 6.83. The first-order valence-corrected chi connectivity index (χ1v) is 7.48. The maximum Gasteiger partial charge on any atom is 0.321 e. The molecule has 0 aliphatic carbocycles. The van der Waals surface area contributed by atoms with E-state index in [0.29, 0.717) is 0 Å². The van der Waals surface area contributed by atoms with Crippen LogP contribution in [0.15, 0.2) is 23.1 Å². The third kappa shape index (κ3) is 4.66. The number of carbonyl (C=O) groups excluding carboxylic acids is 1. The van der Waals surface area contributed by atoms with Gasteiger partial charge in [0.1, 0.15) is 10.9 Å². The van der Waals surface area contributed by atoms with Crippen LogP contribution >= 0.6 is 11.6 Å². The lowest BCUT2D eigenvalue weighted by Crippen LogP contribution is -2.41. The number of nitrogens with two attached hydrogens (primary N) is 1. The molecule has 0 bridgehead atoms. The topological polar surface area (TPSA) is 127 Å². The highest BCUT2D eigenvalue weighted by atomic mass is 35.5. The van der Waals surface area contributed by atoms with Crippen molar-refractivity contribution in [3.63, 3.8) is 0 Å². The van der Waals surface area contributed by atoms with Crippen molar-refractivity contribution in [1.29, 1.82) is 0 Å². The fourth-order valence-corrected chi connectivity index (χ4v) is 3.02. The molecule has 0 aliphatic rings. The Morgan fingerprint density at radius 2 is 2.05 bits per heavy atom. The molecule has 7 nitrogen and oxygen atoms in total. The maximum atomic E-state index is 13.7. The zero-order valence-electron chi connectivity index (χ0n) is 10.5. The summed E-state index contributed by atoms with van der Waals surface area (Å²) in [5.74, 6) is -3.48. The van der Waals surface area contributed by atoms with Crippen LogP contribution in [-0.4, -0.2) is 31.4 Å². The summed E-state index contributed by atoms with van der Waals surface area (Å²) in [6.45, 7) is 0. The third-order valence-electron chi connectivity index (χ3n) is 2.48. The second-order valence-electron chi connectivity index (χ2n) is 4.07. The molecule has 0 heterocycles. The van der Waals surface area contributed by atoms with Crippen LogP contribution in [0.25, 0.3) is 0 Å². The van der Waals surface area contributed by atoms with Gasteiger partial charge in [-0.1, -0.05) is 17.7 Å². The SMILES string of the molecule is NC(=O)CCC(NS(=O)(=O)c1cccc(Cl)c1F)C(=O)O. The van der Waals surface area contributed by atoms with Gasteiger partial charge >= 0.3 is 5.97 Å². The van der Waals surface area contributed by atoms with Crippen LogP contribution in [-0.2, 0) is 19.6 Å². The van der Waals surface area contributed by atoms with E-state index >= 15 is 0 Å². The van der Waals surface area contributed by atoms with Crippen LogP contribution in [0.4, 0.5) is 4.39 Å². The van der Waals surface area contributed by atoms with E-state index < -0.39 is 43.7 Å². The van der Waals surface area contributed by atoms with Gasteiger partial charge in [-0.15, -0.1) is 0 Å². The van der Waals surface area contributed by atoms with Gasteiger partial charge < -0.3 is 10.8 Å². The van der Waals surface area contributed by atoms with Gasteiger partial charge in [0.25, 0.3) is 0 Å². The quantitative estimate of drug-likeness (QED) is 0.666. The second-order valence-corrected chi connectivity index (χ2v) is 6.16. The summed E-state index contributed by atoms with van der Waals surface area (Å²) < 4.78 is 39.4. The summed E-state index contributed by atoms with van der Waals surface area (Å²) in [7, 11) is -4.45. The minimum Gasteiger partial charge on any atom is -0.480 e. The van der Waals surface area contributed by atoms with Crippen molar-refractivity contribution in [2.24, 2.45) is 5.73 Å². The van der Waals surface area contributed by atoms with Crippen molar-refractivity contribution >= 4 is 33.5 Å². The molecule has 1 aromatic carbocycles. The van der Waals surface area contributed by atoms with Gasteiger partial charge in [-0.05, 0) is 18.6 Å². The van der Waals surface area contributed by atoms with Crippen LogP contribution in [0.5, 0.6) is 0 Å². The zero-order chi connectivity index (χ0) is 16.2. The number of rotatable bonds is 7. The summed E-state index contributed by atoms with van der Waals surface area (Å²) >= 11 is 5.48. The Morgan fingerprint density at radius 1 is 1.43 bits per heavy atom. The molecule has 10 heteroatoms. The van der Waals surface area contributed by atoms with E-state index in [1.54, 1.807) is 4.72 Å². The minimum absolute atomic E-state index is 0.336. The van der Waals surface area contributed by atoms with Crippen molar-refractivity contribution in [1.82, 2.24) is 4.72 Å². The Morgan fingerprint density at radius 3 is 2.57 bits per heavy atom. The lowest BCUT2D eigenvalue weighted by Gasteiger charge is -2.14. The van der Waals surface area contributed by atoms with Gasteiger partial charge in [-0.2, -0.15) is 4.72 Å². The molecule has 1 atom stereocenters. The van der Waals surface area contributed by atoms with E-state index in [4.69, 9.17) is 22.4 Å². The van der Waals surface area contributed by atoms with Crippen molar-refractivity contribution < 1.29 is 27.5 Å². The fourth-order valence-electron chi connectivity index (χ4n) is 1.46. The van der Waals surface area contributed by atoms with Gasteiger partial charge in [0.2, 0.25) is 15.9 Å². The smallest absolute Gasteiger partial charge is 0.321 e. The van der Waals surface area contributed by atoms with Crippen LogP contribution in [0.3, 0.4) is 0 Å². The number of amides is 1. The van der Waals surface area contributed by atoms with Gasteiger partial charge in [0, 0.05) is 6.42 Å². The normalized spacial score (nSPS) is 12.9. The largest absolute Gasteiger partial charge is 0.480 e. The van der Waals surface area contributed by atoms with Crippen molar-refractivity contribution in [3.8, 4) is 0 Å². The first-order valence-electron chi connectivity index (χ1n) is 5.62. The van der Waals surface area contributed by atoms with Crippen molar-refractivity contribution in [3.05, 3.63) is 29.0 Å². The van der Waals surface area contributed by atoms with E-state index in [1.807, 2.05) is 0 Å². The minimum atomic E-state index is -4.45. The van der Waals surface area contributed by atoms with Gasteiger partial charge in [0.05, 0.1) is 5.02 Å². The number of nitrogens with one attached hydrogen (secondary N) is 1. The predicted octanol–water partition coefficient (Wildman–Crippen LogP) is 0.476.